The molecule has 1 aliphatic heterocycles. The minimum atomic E-state index is -0.903. The Morgan fingerprint density at radius 1 is 1.24 bits per heavy atom. The number of carbonyl (C=O) groups is 2. The highest BCUT2D eigenvalue weighted by Gasteiger charge is 2.40. The standard InChI is InChI=1S/C14H26N2O5/c1-2-7-20-8-3-6-15-13(19)16-11-14(12(17)18)4-9-21-10-5-14/h2-11H2,1H3,(H,17,18)(H2,15,16,19). The molecule has 0 saturated carbocycles. The third-order valence-corrected chi connectivity index (χ3v) is 3.59. The zero-order valence-corrected chi connectivity index (χ0v) is 12.7. The molecule has 2 amide bonds. The molecule has 7 nitrogen and oxygen atoms in total. The number of hydrogen-bond donors (Lipinski definition) is 3. The van der Waals surface area contributed by atoms with E-state index in [-0.39, 0.29) is 12.6 Å². The SMILES string of the molecule is CCCOCCCNC(=O)NCC1(C(=O)O)CCOCC1. The van der Waals surface area contributed by atoms with E-state index in [1.54, 1.807) is 0 Å². The molecule has 122 valence electrons. The van der Waals surface area contributed by atoms with Gasteiger partial charge in [-0.05, 0) is 25.7 Å². The Morgan fingerprint density at radius 3 is 2.57 bits per heavy atom. The highest BCUT2D eigenvalue weighted by atomic mass is 16.5. The van der Waals surface area contributed by atoms with Gasteiger partial charge in [0, 0.05) is 39.5 Å². The number of rotatable bonds is 9. The Hall–Kier alpha value is -1.34. The topological polar surface area (TPSA) is 96.9 Å². The van der Waals surface area contributed by atoms with E-state index in [0.29, 0.717) is 39.2 Å². The van der Waals surface area contributed by atoms with Crippen molar-refractivity contribution in [3.05, 3.63) is 0 Å². The summed E-state index contributed by atoms with van der Waals surface area (Å²) in [5.41, 5.74) is -0.903. The summed E-state index contributed by atoms with van der Waals surface area (Å²) in [4.78, 5) is 23.1. The maximum atomic E-state index is 11.7. The monoisotopic (exact) mass is 302 g/mol. The van der Waals surface area contributed by atoms with Gasteiger partial charge in [0.15, 0.2) is 0 Å². The fourth-order valence-corrected chi connectivity index (χ4v) is 2.16. The lowest BCUT2D eigenvalue weighted by atomic mass is 9.80. The van der Waals surface area contributed by atoms with Crippen LogP contribution in [0.25, 0.3) is 0 Å². The van der Waals surface area contributed by atoms with Gasteiger partial charge in [0.2, 0.25) is 0 Å². The number of ether oxygens (including phenoxy) is 2. The summed E-state index contributed by atoms with van der Waals surface area (Å²) >= 11 is 0. The van der Waals surface area contributed by atoms with E-state index in [4.69, 9.17) is 9.47 Å². The molecule has 0 atom stereocenters. The summed E-state index contributed by atoms with van der Waals surface area (Å²) in [5, 5.41) is 14.7. The van der Waals surface area contributed by atoms with Gasteiger partial charge >= 0.3 is 12.0 Å². The minimum Gasteiger partial charge on any atom is -0.481 e. The van der Waals surface area contributed by atoms with E-state index in [2.05, 4.69) is 10.6 Å². The van der Waals surface area contributed by atoms with Crippen LogP contribution in [0.1, 0.15) is 32.6 Å². The Morgan fingerprint density at radius 2 is 1.95 bits per heavy atom. The molecule has 0 unspecified atom stereocenters. The molecule has 1 fully saturated rings. The molecular weight excluding hydrogens is 276 g/mol. The van der Waals surface area contributed by atoms with Crippen LogP contribution in [-0.2, 0) is 14.3 Å². The lowest BCUT2D eigenvalue weighted by Crippen LogP contribution is -2.49. The Bertz CT molecular complexity index is 329. The molecule has 7 heteroatoms. The third-order valence-electron chi connectivity index (χ3n) is 3.59. The molecule has 1 aliphatic rings. The van der Waals surface area contributed by atoms with Crippen molar-refractivity contribution in [2.45, 2.75) is 32.6 Å². The van der Waals surface area contributed by atoms with Crippen LogP contribution in [0.4, 0.5) is 4.79 Å². The molecule has 1 heterocycles. The number of carboxylic acids is 1. The van der Waals surface area contributed by atoms with Gasteiger partial charge in [0.25, 0.3) is 0 Å². The maximum absolute atomic E-state index is 11.7. The smallest absolute Gasteiger partial charge is 0.314 e. The number of urea groups is 1. The highest BCUT2D eigenvalue weighted by molar-refractivity contribution is 5.78. The van der Waals surface area contributed by atoms with Crippen LogP contribution in [0.3, 0.4) is 0 Å². The van der Waals surface area contributed by atoms with E-state index < -0.39 is 11.4 Å². The lowest BCUT2D eigenvalue weighted by molar-refractivity contribution is -0.154. The Kier molecular flexibility index (Phi) is 8.07. The molecule has 0 aromatic heterocycles. The number of amides is 2. The van der Waals surface area contributed by atoms with Gasteiger partial charge in [0.05, 0.1) is 5.41 Å². The van der Waals surface area contributed by atoms with Gasteiger partial charge in [-0.25, -0.2) is 4.79 Å². The first-order chi connectivity index (χ1) is 10.1. The highest BCUT2D eigenvalue weighted by Crippen LogP contribution is 2.29. The predicted molar refractivity (Wildman–Crippen MR) is 77.3 cm³/mol. The fraction of sp³-hybridized carbons (Fsp3) is 0.857. The van der Waals surface area contributed by atoms with Crippen LogP contribution in [0.15, 0.2) is 0 Å². The van der Waals surface area contributed by atoms with Crippen molar-refractivity contribution >= 4 is 12.0 Å². The molecular formula is C14H26N2O5. The quantitative estimate of drug-likeness (QED) is 0.552. The van der Waals surface area contributed by atoms with Crippen molar-refractivity contribution in [3.8, 4) is 0 Å². The van der Waals surface area contributed by atoms with Gasteiger partial charge < -0.3 is 25.2 Å². The van der Waals surface area contributed by atoms with E-state index in [9.17, 15) is 14.7 Å². The van der Waals surface area contributed by atoms with E-state index in [1.165, 1.54) is 0 Å². The minimum absolute atomic E-state index is 0.129. The van der Waals surface area contributed by atoms with Gasteiger partial charge in [-0.1, -0.05) is 6.92 Å². The number of hydrogen-bond acceptors (Lipinski definition) is 4. The van der Waals surface area contributed by atoms with Crippen molar-refractivity contribution in [2.75, 3.05) is 39.5 Å². The first-order valence-electron chi connectivity index (χ1n) is 7.51. The molecule has 0 aromatic rings. The molecule has 0 aliphatic carbocycles. The van der Waals surface area contributed by atoms with Crippen LogP contribution < -0.4 is 10.6 Å². The normalized spacial score (nSPS) is 17.2. The second-order valence-electron chi connectivity index (χ2n) is 5.27. The van der Waals surface area contributed by atoms with Gasteiger partial charge in [-0.3, -0.25) is 4.79 Å². The third kappa shape index (κ3) is 6.31. The predicted octanol–water partition coefficient (Wildman–Crippen LogP) is 0.984. The van der Waals surface area contributed by atoms with Crippen LogP contribution in [-0.4, -0.2) is 56.6 Å². The lowest BCUT2D eigenvalue weighted by Gasteiger charge is -2.33. The molecule has 1 saturated heterocycles. The Balaban J connectivity index is 2.20. The number of carboxylic acid groups (broad SMARTS) is 1. The average molecular weight is 302 g/mol. The van der Waals surface area contributed by atoms with Crippen LogP contribution in [0.2, 0.25) is 0 Å². The molecule has 3 N–H and O–H groups in total. The average Bonchev–Trinajstić information content (AvgIpc) is 2.49. The first kappa shape index (κ1) is 17.7. The van der Waals surface area contributed by atoms with E-state index in [0.717, 1.165) is 19.4 Å². The van der Waals surface area contributed by atoms with Crippen LogP contribution >= 0.6 is 0 Å². The van der Waals surface area contributed by atoms with Gasteiger partial charge in [-0.2, -0.15) is 0 Å². The zero-order chi connectivity index (χ0) is 15.6. The summed E-state index contributed by atoms with van der Waals surface area (Å²) in [6, 6.07) is -0.336. The Labute approximate surface area is 125 Å². The summed E-state index contributed by atoms with van der Waals surface area (Å²) < 4.78 is 10.5. The summed E-state index contributed by atoms with van der Waals surface area (Å²) in [7, 11) is 0. The fourth-order valence-electron chi connectivity index (χ4n) is 2.16. The number of nitrogens with one attached hydrogen (secondary N) is 2. The van der Waals surface area contributed by atoms with Crippen molar-refractivity contribution in [1.82, 2.24) is 10.6 Å². The number of aliphatic carboxylic acids is 1. The molecule has 0 spiro atoms. The summed E-state index contributed by atoms with van der Waals surface area (Å²) in [5.74, 6) is -0.876. The van der Waals surface area contributed by atoms with E-state index >= 15 is 0 Å². The van der Waals surface area contributed by atoms with E-state index in [1.807, 2.05) is 6.92 Å². The van der Waals surface area contributed by atoms with Crippen LogP contribution in [0, 0.1) is 5.41 Å². The van der Waals surface area contributed by atoms with Gasteiger partial charge in [-0.15, -0.1) is 0 Å². The largest absolute Gasteiger partial charge is 0.481 e. The first-order valence-corrected chi connectivity index (χ1v) is 7.51. The molecule has 0 bridgehead atoms. The van der Waals surface area contributed by atoms with Crippen molar-refractivity contribution in [2.24, 2.45) is 5.41 Å². The summed E-state index contributed by atoms with van der Waals surface area (Å²) in [6.07, 6.45) is 2.57. The zero-order valence-electron chi connectivity index (χ0n) is 12.7. The molecule has 0 aromatic carbocycles. The van der Waals surface area contributed by atoms with Gasteiger partial charge in [0.1, 0.15) is 0 Å². The van der Waals surface area contributed by atoms with Crippen molar-refractivity contribution in [3.63, 3.8) is 0 Å². The second kappa shape index (κ2) is 9.57. The molecule has 0 radical (unpaired) electrons. The van der Waals surface area contributed by atoms with Crippen molar-refractivity contribution < 1.29 is 24.2 Å². The second-order valence-corrected chi connectivity index (χ2v) is 5.27. The maximum Gasteiger partial charge on any atom is 0.314 e. The molecule has 1 rings (SSSR count). The molecule has 21 heavy (non-hydrogen) atoms. The van der Waals surface area contributed by atoms with Crippen molar-refractivity contribution in [1.29, 1.82) is 0 Å². The number of carbonyl (C=O) groups excluding carboxylic acids is 1. The summed E-state index contributed by atoms with van der Waals surface area (Å²) in [6.45, 7) is 4.87. The van der Waals surface area contributed by atoms with Crippen LogP contribution in [0.5, 0.6) is 0 Å².